The molecule has 2 aromatic rings. The minimum Gasteiger partial charge on any atom is -0.494 e. The van der Waals surface area contributed by atoms with Gasteiger partial charge in [-0.3, -0.25) is 9.48 Å². The molecule has 140 valence electrons. The fraction of sp³-hybridized carbons (Fsp3) is 0.524. The van der Waals surface area contributed by atoms with Crippen molar-refractivity contribution >= 4 is 5.91 Å². The average Bonchev–Trinajstić information content (AvgIpc) is 3.21. The molecule has 1 aliphatic heterocycles. The molecule has 1 fully saturated rings. The highest BCUT2D eigenvalue weighted by molar-refractivity contribution is 5.76. The Balaban J connectivity index is 1.38. The molecule has 0 aliphatic carbocycles. The number of hydrogen-bond donors (Lipinski definition) is 0. The van der Waals surface area contributed by atoms with Crippen molar-refractivity contribution in [3.05, 3.63) is 47.3 Å². The molecular weight excluding hydrogens is 326 g/mol. The van der Waals surface area contributed by atoms with Gasteiger partial charge in [0, 0.05) is 31.7 Å². The molecule has 0 saturated carbocycles. The van der Waals surface area contributed by atoms with E-state index in [9.17, 15) is 4.79 Å². The normalized spacial score (nSPS) is 16.9. The summed E-state index contributed by atoms with van der Waals surface area (Å²) in [7, 11) is 0. The molecule has 26 heavy (non-hydrogen) atoms. The predicted molar refractivity (Wildman–Crippen MR) is 102 cm³/mol. The SMILES string of the molecule is Cc1ccc(OCC[C@H]2CCN(C(=O)CCn3nc(C)cc3C)C2)cc1. The first-order chi connectivity index (χ1) is 12.5. The van der Waals surface area contributed by atoms with E-state index in [0.29, 0.717) is 25.5 Å². The summed E-state index contributed by atoms with van der Waals surface area (Å²) in [5, 5.41) is 4.43. The number of aryl methyl sites for hydroxylation is 4. The predicted octanol–water partition coefficient (Wildman–Crippen LogP) is 3.52. The first kappa shape index (κ1) is 18.5. The van der Waals surface area contributed by atoms with Gasteiger partial charge < -0.3 is 9.64 Å². The molecule has 0 radical (unpaired) electrons. The molecular formula is C21H29N3O2. The number of carbonyl (C=O) groups excluding carboxylic acids is 1. The molecule has 1 aromatic heterocycles. The smallest absolute Gasteiger partial charge is 0.224 e. The van der Waals surface area contributed by atoms with Gasteiger partial charge in [0.05, 0.1) is 12.3 Å². The minimum absolute atomic E-state index is 0.236. The van der Waals surface area contributed by atoms with E-state index < -0.39 is 0 Å². The second-order valence-corrected chi connectivity index (χ2v) is 7.34. The summed E-state index contributed by atoms with van der Waals surface area (Å²) in [4.78, 5) is 14.5. The maximum Gasteiger partial charge on any atom is 0.224 e. The van der Waals surface area contributed by atoms with Crippen LogP contribution >= 0.6 is 0 Å². The van der Waals surface area contributed by atoms with Gasteiger partial charge in [-0.1, -0.05) is 17.7 Å². The second kappa shape index (κ2) is 8.39. The fourth-order valence-corrected chi connectivity index (χ4v) is 3.53. The molecule has 3 rings (SSSR count). The zero-order valence-electron chi connectivity index (χ0n) is 16.1. The standard InChI is InChI=1S/C21H29N3O2/c1-16-4-6-20(7-5-16)26-13-10-19-8-11-23(15-19)21(25)9-12-24-18(3)14-17(2)22-24/h4-7,14,19H,8-13,15H2,1-3H3/t19-/m1/s1. The maximum absolute atomic E-state index is 12.5. The van der Waals surface area contributed by atoms with Gasteiger partial charge in [-0.2, -0.15) is 5.10 Å². The zero-order valence-corrected chi connectivity index (χ0v) is 16.1. The summed E-state index contributed by atoms with van der Waals surface area (Å²) < 4.78 is 7.75. The van der Waals surface area contributed by atoms with Crippen LogP contribution in [0.2, 0.25) is 0 Å². The lowest BCUT2D eigenvalue weighted by molar-refractivity contribution is -0.130. The van der Waals surface area contributed by atoms with Crippen molar-refractivity contribution in [3.63, 3.8) is 0 Å². The third-order valence-electron chi connectivity index (χ3n) is 5.10. The Labute approximate surface area is 156 Å². The minimum atomic E-state index is 0.236. The molecule has 5 heteroatoms. The van der Waals surface area contributed by atoms with Gasteiger partial charge in [0.25, 0.3) is 0 Å². The Morgan fingerprint density at radius 3 is 2.69 bits per heavy atom. The lowest BCUT2D eigenvalue weighted by Gasteiger charge is -2.17. The van der Waals surface area contributed by atoms with Gasteiger partial charge in [0.2, 0.25) is 5.91 Å². The number of ether oxygens (including phenoxy) is 1. The molecule has 5 nitrogen and oxygen atoms in total. The lowest BCUT2D eigenvalue weighted by Crippen LogP contribution is -2.29. The van der Waals surface area contributed by atoms with Crippen molar-refractivity contribution in [2.75, 3.05) is 19.7 Å². The molecule has 0 bridgehead atoms. The molecule has 0 N–H and O–H groups in total. The molecule has 1 aromatic carbocycles. The zero-order chi connectivity index (χ0) is 18.5. The average molecular weight is 355 g/mol. The second-order valence-electron chi connectivity index (χ2n) is 7.34. The van der Waals surface area contributed by atoms with E-state index in [2.05, 4.69) is 24.2 Å². The molecule has 0 spiro atoms. The van der Waals surface area contributed by atoms with E-state index in [0.717, 1.165) is 43.1 Å². The molecule has 2 heterocycles. The van der Waals surface area contributed by atoms with Crippen LogP contribution in [0.15, 0.2) is 30.3 Å². The Morgan fingerprint density at radius 2 is 2.00 bits per heavy atom. The van der Waals surface area contributed by atoms with Gasteiger partial charge >= 0.3 is 0 Å². The van der Waals surface area contributed by atoms with Crippen molar-refractivity contribution in [2.45, 2.75) is 46.6 Å². The van der Waals surface area contributed by atoms with Crippen LogP contribution in [0, 0.1) is 26.7 Å². The van der Waals surface area contributed by atoms with E-state index in [-0.39, 0.29) is 5.91 Å². The maximum atomic E-state index is 12.5. The van der Waals surface area contributed by atoms with Crippen LogP contribution in [0.25, 0.3) is 0 Å². The number of likely N-dealkylation sites (tertiary alicyclic amines) is 1. The number of amides is 1. The van der Waals surface area contributed by atoms with Crippen molar-refractivity contribution in [1.29, 1.82) is 0 Å². The summed E-state index contributed by atoms with van der Waals surface area (Å²) in [6, 6.07) is 10.2. The fourth-order valence-electron chi connectivity index (χ4n) is 3.53. The molecule has 1 saturated heterocycles. The van der Waals surface area contributed by atoms with Crippen LogP contribution in [0.4, 0.5) is 0 Å². The first-order valence-electron chi connectivity index (χ1n) is 9.49. The van der Waals surface area contributed by atoms with E-state index in [4.69, 9.17) is 4.74 Å². The van der Waals surface area contributed by atoms with Crippen LogP contribution < -0.4 is 4.74 Å². The van der Waals surface area contributed by atoms with Crippen LogP contribution in [-0.4, -0.2) is 40.3 Å². The molecule has 1 atom stereocenters. The monoisotopic (exact) mass is 355 g/mol. The highest BCUT2D eigenvalue weighted by Gasteiger charge is 2.25. The van der Waals surface area contributed by atoms with Crippen molar-refractivity contribution in [1.82, 2.24) is 14.7 Å². The Bertz CT molecular complexity index is 736. The molecule has 1 aliphatic rings. The largest absolute Gasteiger partial charge is 0.494 e. The van der Waals surface area contributed by atoms with Gasteiger partial charge in [-0.15, -0.1) is 0 Å². The van der Waals surface area contributed by atoms with Crippen molar-refractivity contribution in [2.24, 2.45) is 5.92 Å². The van der Waals surface area contributed by atoms with E-state index in [1.165, 1.54) is 5.56 Å². The van der Waals surface area contributed by atoms with Crippen LogP contribution in [0.1, 0.15) is 36.2 Å². The lowest BCUT2D eigenvalue weighted by atomic mass is 10.1. The van der Waals surface area contributed by atoms with Gasteiger partial charge in [0.1, 0.15) is 5.75 Å². The van der Waals surface area contributed by atoms with Gasteiger partial charge in [-0.05, 0) is 57.7 Å². The number of rotatable bonds is 7. The summed E-state index contributed by atoms with van der Waals surface area (Å²) in [5.41, 5.74) is 3.36. The Morgan fingerprint density at radius 1 is 1.23 bits per heavy atom. The third kappa shape index (κ3) is 4.87. The van der Waals surface area contributed by atoms with Gasteiger partial charge in [0.15, 0.2) is 0 Å². The van der Waals surface area contributed by atoms with E-state index in [1.807, 2.05) is 41.6 Å². The number of carbonyl (C=O) groups is 1. The van der Waals surface area contributed by atoms with Crippen LogP contribution in [-0.2, 0) is 11.3 Å². The first-order valence-corrected chi connectivity index (χ1v) is 9.49. The summed E-state index contributed by atoms with van der Waals surface area (Å²) in [5.74, 6) is 1.70. The highest BCUT2D eigenvalue weighted by Crippen LogP contribution is 2.21. The van der Waals surface area contributed by atoms with Crippen molar-refractivity contribution < 1.29 is 9.53 Å². The Hall–Kier alpha value is -2.30. The molecule has 0 unspecified atom stereocenters. The van der Waals surface area contributed by atoms with Gasteiger partial charge in [-0.25, -0.2) is 0 Å². The number of hydrogen-bond acceptors (Lipinski definition) is 3. The summed E-state index contributed by atoms with van der Waals surface area (Å²) >= 11 is 0. The quantitative estimate of drug-likeness (QED) is 0.763. The molecule has 1 amide bonds. The topological polar surface area (TPSA) is 47.4 Å². The number of aromatic nitrogens is 2. The van der Waals surface area contributed by atoms with Crippen molar-refractivity contribution in [3.8, 4) is 5.75 Å². The summed E-state index contributed by atoms with van der Waals surface area (Å²) in [6.07, 6.45) is 2.59. The summed E-state index contributed by atoms with van der Waals surface area (Å²) in [6.45, 7) is 9.18. The van der Waals surface area contributed by atoms with E-state index in [1.54, 1.807) is 0 Å². The Kier molecular flexibility index (Phi) is 5.96. The number of benzene rings is 1. The van der Waals surface area contributed by atoms with Crippen LogP contribution in [0.3, 0.4) is 0 Å². The number of nitrogens with zero attached hydrogens (tertiary/aromatic N) is 3. The highest BCUT2D eigenvalue weighted by atomic mass is 16.5. The van der Waals surface area contributed by atoms with E-state index >= 15 is 0 Å². The third-order valence-corrected chi connectivity index (χ3v) is 5.10. The van der Waals surface area contributed by atoms with Crippen LogP contribution in [0.5, 0.6) is 5.75 Å².